The highest BCUT2D eigenvalue weighted by Crippen LogP contribution is 2.37. The standard InChI is InChI=1S/C22H18INO3S/c1-15-8-11-18(12-9-15)28(25,26)24(2)22-21(23)19-14-17(10-13-20(19)27-22)16-6-4-3-5-7-16/h3-14H,1-2H3. The van der Waals surface area contributed by atoms with E-state index in [4.69, 9.17) is 4.42 Å². The summed E-state index contributed by atoms with van der Waals surface area (Å²) in [7, 11) is -2.19. The number of aryl methyl sites for hydroxylation is 1. The van der Waals surface area contributed by atoms with Gasteiger partial charge in [0.05, 0.1) is 8.47 Å². The highest BCUT2D eigenvalue weighted by atomic mass is 127. The van der Waals surface area contributed by atoms with Crippen LogP contribution in [0.15, 0.2) is 82.1 Å². The predicted molar refractivity (Wildman–Crippen MR) is 121 cm³/mol. The van der Waals surface area contributed by atoms with E-state index >= 15 is 0 Å². The summed E-state index contributed by atoms with van der Waals surface area (Å²) in [4.78, 5) is 0.238. The molecule has 3 aromatic carbocycles. The second kappa shape index (κ2) is 7.25. The van der Waals surface area contributed by atoms with Gasteiger partial charge < -0.3 is 4.42 Å². The molecule has 0 saturated carbocycles. The van der Waals surface area contributed by atoms with E-state index in [1.54, 1.807) is 24.3 Å². The lowest BCUT2D eigenvalue weighted by Gasteiger charge is -2.17. The molecule has 0 fully saturated rings. The van der Waals surface area contributed by atoms with Crippen molar-refractivity contribution in [3.05, 3.63) is 81.9 Å². The molecule has 0 N–H and O–H groups in total. The molecule has 0 radical (unpaired) electrons. The number of halogens is 1. The maximum Gasteiger partial charge on any atom is 0.266 e. The van der Waals surface area contributed by atoms with E-state index in [1.165, 1.54) is 11.4 Å². The molecule has 0 amide bonds. The van der Waals surface area contributed by atoms with Crippen LogP contribution in [0.2, 0.25) is 0 Å². The van der Waals surface area contributed by atoms with Gasteiger partial charge in [0.25, 0.3) is 10.0 Å². The van der Waals surface area contributed by atoms with Crippen molar-refractivity contribution in [3.63, 3.8) is 0 Å². The van der Waals surface area contributed by atoms with Crippen LogP contribution in [0.1, 0.15) is 5.56 Å². The lowest BCUT2D eigenvalue weighted by molar-refractivity contribution is 0.578. The molecule has 0 aliphatic heterocycles. The molecule has 0 aliphatic rings. The molecular formula is C22H18INO3S. The van der Waals surface area contributed by atoms with Gasteiger partial charge in [-0.3, -0.25) is 0 Å². The second-order valence-corrected chi connectivity index (χ2v) is 9.63. The number of benzene rings is 3. The van der Waals surface area contributed by atoms with Gasteiger partial charge in [-0.1, -0.05) is 54.1 Å². The van der Waals surface area contributed by atoms with Crippen molar-refractivity contribution < 1.29 is 12.8 Å². The van der Waals surface area contributed by atoms with Crippen LogP contribution in [-0.2, 0) is 10.0 Å². The maximum absolute atomic E-state index is 13.0. The van der Waals surface area contributed by atoms with Crippen LogP contribution < -0.4 is 4.31 Å². The van der Waals surface area contributed by atoms with Crippen molar-refractivity contribution >= 4 is 49.5 Å². The molecule has 6 heteroatoms. The summed E-state index contributed by atoms with van der Waals surface area (Å²) in [6, 6.07) is 22.8. The summed E-state index contributed by atoms with van der Waals surface area (Å²) in [5.41, 5.74) is 3.82. The minimum absolute atomic E-state index is 0.238. The molecule has 0 saturated heterocycles. The van der Waals surface area contributed by atoms with Crippen molar-refractivity contribution in [1.29, 1.82) is 0 Å². The van der Waals surface area contributed by atoms with Crippen LogP contribution in [0.25, 0.3) is 22.1 Å². The number of hydrogen-bond acceptors (Lipinski definition) is 3. The van der Waals surface area contributed by atoms with E-state index < -0.39 is 10.0 Å². The zero-order valence-corrected chi connectivity index (χ0v) is 18.4. The smallest absolute Gasteiger partial charge is 0.266 e. The van der Waals surface area contributed by atoms with Crippen molar-refractivity contribution in [2.45, 2.75) is 11.8 Å². The zero-order valence-electron chi connectivity index (χ0n) is 15.4. The molecule has 0 spiro atoms. The summed E-state index contributed by atoms with van der Waals surface area (Å²) in [5, 5.41) is 0.892. The fourth-order valence-corrected chi connectivity index (χ4v) is 5.25. The molecular weight excluding hydrogens is 485 g/mol. The fraction of sp³-hybridized carbons (Fsp3) is 0.0909. The summed E-state index contributed by atoms with van der Waals surface area (Å²) >= 11 is 2.15. The number of nitrogens with zero attached hydrogens (tertiary/aromatic N) is 1. The molecule has 4 nitrogen and oxygen atoms in total. The SMILES string of the molecule is Cc1ccc(S(=O)(=O)N(C)c2oc3ccc(-c4ccccc4)cc3c2I)cc1. The molecule has 4 rings (SSSR count). The van der Waals surface area contributed by atoms with Crippen molar-refractivity contribution in [2.75, 3.05) is 11.4 Å². The molecule has 1 aromatic heterocycles. The van der Waals surface area contributed by atoms with E-state index in [-0.39, 0.29) is 4.90 Å². The predicted octanol–water partition coefficient (Wildman–Crippen LogP) is 5.84. The Hall–Kier alpha value is -2.32. The minimum atomic E-state index is -3.71. The number of anilines is 1. The molecule has 0 atom stereocenters. The van der Waals surface area contributed by atoms with E-state index in [1.807, 2.05) is 55.5 Å². The Morgan fingerprint density at radius 3 is 2.25 bits per heavy atom. The van der Waals surface area contributed by atoms with Crippen molar-refractivity contribution in [2.24, 2.45) is 0 Å². The van der Waals surface area contributed by atoms with Gasteiger partial charge >= 0.3 is 0 Å². The topological polar surface area (TPSA) is 50.5 Å². The number of rotatable bonds is 4. The highest BCUT2D eigenvalue weighted by Gasteiger charge is 2.27. The van der Waals surface area contributed by atoms with E-state index in [0.29, 0.717) is 11.5 Å². The van der Waals surface area contributed by atoms with Crippen LogP contribution in [-0.4, -0.2) is 15.5 Å². The number of hydrogen-bond donors (Lipinski definition) is 0. The Morgan fingerprint density at radius 1 is 0.893 bits per heavy atom. The fourth-order valence-electron chi connectivity index (χ4n) is 3.04. The molecule has 1 heterocycles. The Balaban J connectivity index is 1.78. The summed E-state index contributed by atoms with van der Waals surface area (Å²) in [5.74, 6) is 0.321. The molecule has 0 bridgehead atoms. The molecule has 0 unspecified atom stereocenters. The first-order valence-corrected chi connectivity index (χ1v) is 11.2. The third kappa shape index (κ3) is 3.31. The van der Waals surface area contributed by atoms with Gasteiger partial charge in [0.1, 0.15) is 5.58 Å². The van der Waals surface area contributed by atoms with Gasteiger partial charge in [-0.05, 0) is 64.9 Å². The summed E-state index contributed by atoms with van der Waals surface area (Å²) in [6.45, 7) is 1.92. The van der Waals surface area contributed by atoms with Crippen LogP contribution in [0, 0.1) is 10.5 Å². The van der Waals surface area contributed by atoms with Crippen molar-refractivity contribution in [1.82, 2.24) is 0 Å². The van der Waals surface area contributed by atoms with Gasteiger partial charge in [-0.25, -0.2) is 12.7 Å². The average molecular weight is 503 g/mol. The molecule has 142 valence electrons. The number of sulfonamides is 1. The van der Waals surface area contributed by atoms with E-state index in [9.17, 15) is 8.42 Å². The van der Waals surface area contributed by atoms with Gasteiger partial charge in [0.15, 0.2) is 0 Å². The van der Waals surface area contributed by atoms with Crippen LogP contribution in [0.4, 0.5) is 5.88 Å². The van der Waals surface area contributed by atoms with E-state index in [0.717, 1.165) is 25.6 Å². The van der Waals surface area contributed by atoms with E-state index in [2.05, 4.69) is 22.6 Å². The largest absolute Gasteiger partial charge is 0.438 e. The Kier molecular flexibility index (Phi) is 4.93. The van der Waals surface area contributed by atoms with Crippen LogP contribution in [0.5, 0.6) is 0 Å². The first-order valence-electron chi connectivity index (χ1n) is 8.71. The Morgan fingerprint density at radius 2 is 1.57 bits per heavy atom. The minimum Gasteiger partial charge on any atom is -0.438 e. The van der Waals surface area contributed by atoms with Crippen LogP contribution >= 0.6 is 22.6 Å². The van der Waals surface area contributed by atoms with Crippen LogP contribution in [0.3, 0.4) is 0 Å². The first-order chi connectivity index (χ1) is 13.4. The Labute approximate surface area is 178 Å². The normalized spacial score (nSPS) is 11.7. The lowest BCUT2D eigenvalue weighted by Crippen LogP contribution is -2.26. The third-order valence-corrected chi connectivity index (χ3v) is 7.48. The zero-order chi connectivity index (χ0) is 19.9. The second-order valence-electron chi connectivity index (χ2n) is 6.58. The molecule has 28 heavy (non-hydrogen) atoms. The lowest BCUT2D eigenvalue weighted by atomic mass is 10.0. The van der Waals surface area contributed by atoms with Gasteiger partial charge in [0.2, 0.25) is 5.88 Å². The van der Waals surface area contributed by atoms with Crippen molar-refractivity contribution in [3.8, 4) is 11.1 Å². The molecule has 0 aliphatic carbocycles. The Bertz CT molecular complexity index is 1250. The molecule has 4 aromatic rings. The van der Waals surface area contributed by atoms with Gasteiger partial charge in [-0.2, -0.15) is 0 Å². The highest BCUT2D eigenvalue weighted by molar-refractivity contribution is 14.1. The third-order valence-electron chi connectivity index (χ3n) is 4.68. The maximum atomic E-state index is 13.0. The summed E-state index contributed by atoms with van der Waals surface area (Å²) < 4.78 is 33.9. The number of fused-ring (bicyclic) bond motifs is 1. The summed E-state index contributed by atoms with van der Waals surface area (Å²) in [6.07, 6.45) is 0. The quantitative estimate of drug-likeness (QED) is 0.329. The number of furan rings is 1. The average Bonchev–Trinajstić information content (AvgIpc) is 3.04. The van der Waals surface area contributed by atoms with Gasteiger partial charge in [0, 0.05) is 12.4 Å². The monoisotopic (exact) mass is 503 g/mol. The first kappa shape index (κ1) is 19.0. The van der Waals surface area contributed by atoms with Gasteiger partial charge in [-0.15, -0.1) is 0 Å².